The van der Waals surface area contributed by atoms with Crippen molar-refractivity contribution < 1.29 is 17.6 Å². The van der Waals surface area contributed by atoms with Crippen LogP contribution in [-0.4, -0.2) is 41.1 Å². The smallest absolute Gasteiger partial charge is 0.295 e. The van der Waals surface area contributed by atoms with Crippen molar-refractivity contribution in [3.05, 3.63) is 76.5 Å². The molecule has 3 aromatic rings. The maximum Gasteiger partial charge on any atom is 0.295 e. The second-order valence-corrected chi connectivity index (χ2v) is 10.00. The Kier molecular flexibility index (Phi) is 6.22. The number of para-hydroxylation sites is 1. The van der Waals surface area contributed by atoms with Crippen LogP contribution in [0.1, 0.15) is 18.5 Å². The molecular weight excluding hydrogens is 447 g/mol. The number of aromatic nitrogens is 2. The molecule has 0 bridgehead atoms. The van der Waals surface area contributed by atoms with Crippen molar-refractivity contribution in [3.8, 4) is 5.69 Å². The number of carbonyl (C=O) groups is 1. The maximum absolute atomic E-state index is 13.1. The van der Waals surface area contributed by atoms with Crippen molar-refractivity contribution >= 4 is 21.6 Å². The molecule has 1 fully saturated rings. The summed E-state index contributed by atoms with van der Waals surface area (Å²) in [7, 11) is -2.01. The Morgan fingerprint density at radius 1 is 1.03 bits per heavy atom. The summed E-state index contributed by atoms with van der Waals surface area (Å²) in [5.41, 5.74) is 1.19. The molecule has 174 valence electrons. The second-order valence-electron chi connectivity index (χ2n) is 8.06. The first-order valence-electron chi connectivity index (χ1n) is 10.6. The van der Waals surface area contributed by atoms with Gasteiger partial charge in [0, 0.05) is 26.1 Å². The van der Waals surface area contributed by atoms with Gasteiger partial charge in [0.25, 0.3) is 5.56 Å². The van der Waals surface area contributed by atoms with Crippen LogP contribution in [0, 0.1) is 18.7 Å². The summed E-state index contributed by atoms with van der Waals surface area (Å²) in [5, 5.41) is 2.77. The van der Waals surface area contributed by atoms with Crippen molar-refractivity contribution in [3.63, 3.8) is 0 Å². The molecule has 4 rings (SSSR count). The number of halogens is 1. The van der Waals surface area contributed by atoms with Gasteiger partial charge in [-0.3, -0.25) is 14.3 Å². The van der Waals surface area contributed by atoms with Crippen molar-refractivity contribution in [2.24, 2.45) is 13.0 Å². The van der Waals surface area contributed by atoms with Gasteiger partial charge in [0.1, 0.15) is 11.5 Å². The monoisotopic (exact) mass is 472 g/mol. The predicted octanol–water partition coefficient (Wildman–Crippen LogP) is 2.66. The van der Waals surface area contributed by atoms with E-state index in [1.54, 1.807) is 18.7 Å². The lowest BCUT2D eigenvalue weighted by Gasteiger charge is -2.30. The minimum atomic E-state index is -3.75. The fraction of sp³-hybridized carbons (Fsp3) is 0.304. The number of anilines is 1. The number of hydrogen-bond acceptors (Lipinski definition) is 4. The number of sulfonamides is 1. The molecule has 10 heteroatoms. The van der Waals surface area contributed by atoms with Gasteiger partial charge < -0.3 is 5.32 Å². The van der Waals surface area contributed by atoms with Crippen LogP contribution >= 0.6 is 0 Å². The zero-order valence-corrected chi connectivity index (χ0v) is 19.2. The van der Waals surface area contributed by atoms with E-state index in [9.17, 15) is 22.4 Å². The fourth-order valence-electron chi connectivity index (χ4n) is 4.05. The molecule has 1 amide bonds. The molecule has 1 aliphatic heterocycles. The van der Waals surface area contributed by atoms with Crippen molar-refractivity contribution in [2.75, 3.05) is 18.4 Å². The summed E-state index contributed by atoms with van der Waals surface area (Å²) in [6.45, 7) is 2.09. The lowest BCUT2D eigenvalue weighted by molar-refractivity contribution is -0.120. The van der Waals surface area contributed by atoms with Gasteiger partial charge in [-0.05, 0) is 56.2 Å². The summed E-state index contributed by atoms with van der Waals surface area (Å²) in [4.78, 5) is 25.9. The Labute approximate surface area is 191 Å². The highest BCUT2D eigenvalue weighted by Crippen LogP contribution is 2.25. The molecule has 0 radical (unpaired) electrons. The Balaban J connectivity index is 1.46. The molecule has 33 heavy (non-hydrogen) atoms. The molecule has 0 aliphatic carbocycles. The number of nitrogens with one attached hydrogen (secondary N) is 1. The molecule has 0 spiro atoms. The number of nitrogens with zero attached hydrogens (tertiary/aromatic N) is 3. The third kappa shape index (κ3) is 4.36. The molecule has 0 unspecified atom stereocenters. The first-order chi connectivity index (χ1) is 15.7. The average molecular weight is 473 g/mol. The second kappa shape index (κ2) is 8.95. The van der Waals surface area contributed by atoms with Crippen LogP contribution in [0.5, 0.6) is 0 Å². The van der Waals surface area contributed by atoms with E-state index in [2.05, 4.69) is 5.32 Å². The Hall–Kier alpha value is -3.24. The van der Waals surface area contributed by atoms with Crippen molar-refractivity contribution in [1.82, 2.24) is 13.7 Å². The summed E-state index contributed by atoms with van der Waals surface area (Å²) in [6.07, 6.45) is 0.649. The Bertz CT molecular complexity index is 1320. The highest BCUT2D eigenvalue weighted by Gasteiger charge is 2.33. The van der Waals surface area contributed by atoms with Crippen LogP contribution < -0.4 is 10.9 Å². The van der Waals surface area contributed by atoms with Crippen LogP contribution in [0.25, 0.3) is 5.69 Å². The molecule has 0 atom stereocenters. The molecule has 8 nitrogen and oxygen atoms in total. The topological polar surface area (TPSA) is 93.4 Å². The number of rotatable bonds is 5. The Morgan fingerprint density at radius 3 is 2.24 bits per heavy atom. The summed E-state index contributed by atoms with van der Waals surface area (Å²) >= 11 is 0. The number of amides is 1. The first-order valence-corrected chi connectivity index (χ1v) is 12.0. The number of benzene rings is 2. The van der Waals surface area contributed by atoms with Crippen LogP contribution in [0.3, 0.4) is 0 Å². The average Bonchev–Trinajstić information content (AvgIpc) is 3.03. The predicted molar refractivity (Wildman–Crippen MR) is 122 cm³/mol. The summed E-state index contributed by atoms with van der Waals surface area (Å²) in [6, 6.07) is 13.8. The number of carbonyl (C=O) groups excluding carboxylic acids is 1. The molecule has 1 saturated heterocycles. The third-order valence-corrected chi connectivity index (χ3v) is 7.99. The highest BCUT2D eigenvalue weighted by molar-refractivity contribution is 7.89. The van der Waals surface area contributed by atoms with E-state index >= 15 is 0 Å². The van der Waals surface area contributed by atoms with Crippen molar-refractivity contribution in [1.29, 1.82) is 0 Å². The molecule has 1 aromatic heterocycles. The maximum atomic E-state index is 13.1. The van der Waals surface area contributed by atoms with E-state index in [-0.39, 0.29) is 35.1 Å². The third-order valence-electron chi connectivity index (χ3n) is 6.08. The molecule has 1 N–H and O–H groups in total. The lowest BCUT2D eigenvalue weighted by Crippen LogP contribution is -2.41. The molecule has 1 aliphatic rings. The minimum absolute atomic E-state index is 0.0215. The van der Waals surface area contributed by atoms with Crippen molar-refractivity contribution in [2.45, 2.75) is 24.7 Å². The van der Waals surface area contributed by atoms with E-state index in [0.717, 1.165) is 12.1 Å². The van der Waals surface area contributed by atoms with Gasteiger partial charge in [0.2, 0.25) is 15.9 Å². The Morgan fingerprint density at radius 2 is 1.64 bits per heavy atom. The van der Waals surface area contributed by atoms with E-state index in [0.29, 0.717) is 24.2 Å². The van der Waals surface area contributed by atoms with Gasteiger partial charge in [-0.25, -0.2) is 17.5 Å². The number of piperidine rings is 1. The highest BCUT2D eigenvalue weighted by atomic mass is 32.2. The van der Waals surface area contributed by atoms with Gasteiger partial charge in [-0.2, -0.15) is 4.31 Å². The van der Waals surface area contributed by atoms with Crippen LogP contribution in [0.4, 0.5) is 10.1 Å². The van der Waals surface area contributed by atoms with Gasteiger partial charge in [-0.15, -0.1) is 0 Å². The van der Waals surface area contributed by atoms with E-state index < -0.39 is 21.8 Å². The van der Waals surface area contributed by atoms with Crippen LogP contribution in [0.2, 0.25) is 0 Å². The SMILES string of the molecule is Cc1c(NC(=O)C2CCN(S(=O)(=O)c3ccc(F)cc3)CC2)c(=O)n(-c2ccccc2)n1C. The molecule has 0 saturated carbocycles. The standard InChI is InChI=1S/C23H25FN4O4S/c1-16-21(23(30)28(26(16)2)19-6-4-3-5-7-19)25-22(29)17-12-14-27(15-13-17)33(31,32)20-10-8-18(24)9-11-20/h3-11,17H,12-15H2,1-2H3,(H,25,29). The first kappa shape index (κ1) is 22.9. The van der Waals surface area contributed by atoms with E-state index in [1.807, 2.05) is 30.3 Å². The largest absolute Gasteiger partial charge is 0.320 e. The summed E-state index contributed by atoms with van der Waals surface area (Å²) < 4.78 is 43.2. The fourth-order valence-corrected chi connectivity index (χ4v) is 5.52. The molecule has 2 aromatic carbocycles. The summed E-state index contributed by atoms with van der Waals surface area (Å²) in [5.74, 6) is -1.24. The van der Waals surface area contributed by atoms with Crippen LogP contribution in [0.15, 0.2) is 64.3 Å². The van der Waals surface area contributed by atoms with Crippen LogP contribution in [-0.2, 0) is 21.9 Å². The van der Waals surface area contributed by atoms with Gasteiger partial charge in [0.15, 0.2) is 0 Å². The minimum Gasteiger partial charge on any atom is -0.320 e. The zero-order chi connectivity index (χ0) is 23.8. The van der Waals surface area contributed by atoms with Gasteiger partial charge in [0.05, 0.1) is 16.3 Å². The zero-order valence-electron chi connectivity index (χ0n) is 18.4. The molecule has 2 heterocycles. The van der Waals surface area contributed by atoms with Gasteiger partial charge in [-0.1, -0.05) is 18.2 Å². The normalized spacial score (nSPS) is 15.5. The van der Waals surface area contributed by atoms with Gasteiger partial charge >= 0.3 is 0 Å². The van der Waals surface area contributed by atoms with E-state index in [4.69, 9.17) is 0 Å². The van der Waals surface area contributed by atoms with E-state index in [1.165, 1.54) is 21.1 Å². The molecular formula is C23H25FN4O4S. The lowest BCUT2D eigenvalue weighted by atomic mass is 9.97. The number of hydrogen-bond donors (Lipinski definition) is 1. The quantitative estimate of drug-likeness (QED) is 0.618.